The Hall–Kier alpha value is -7.17. The van der Waals surface area contributed by atoms with Crippen LogP contribution >= 0.6 is 0 Å². The molecular weight excluding hydrogens is 647 g/mol. The Labute approximate surface area is 304 Å². The lowest BCUT2D eigenvalue weighted by atomic mass is 9.96. The summed E-state index contributed by atoms with van der Waals surface area (Å²) in [5, 5.41) is 10.6. The average molecular weight is 676 g/mol. The zero-order valence-electron chi connectivity index (χ0n) is 28.5. The van der Waals surface area contributed by atoms with E-state index in [0.717, 1.165) is 76.3 Å². The molecule has 0 spiro atoms. The molecule has 8 aromatic carbocycles. The number of hydrogen-bond acceptors (Lipinski definition) is 4. The molecule has 0 N–H and O–H groups in total. The van der Waals surface area contributed by atoms with E-state index in [-0.39, 0.29) is 0 Å². The molecule has 11 aromatic rings. The molecular formula is C49H29N3O. The summed E-state index contributed by atoms with van der Waals surface area (Å²) in [7, 11) is 0. The van der Waals surface area contributed by atoms with Gasteiger partial charge in [-0.2, -0.15) is 0 Å². The first-order valence-electron chi connectivity index (χ1n) is 17.8. The number of fused-ring (bicyclic) bond motifs is 13. The van der Waals surface area contributed by atoms with Crippen molar-refractivity contribution in [2.75, 3.05) is 0 Å². The van der Waals surface area contributed by atoms with Crippen molar-refractivity contribution in [3.8, 4) is 33.6 Å². The summed E-state index contributed by atoms with van der Waals surface area (Å²) in [5.74, 6) is 0.616. The zero-order valence-corrected chi connectivity index (χ0v) is 28.5. The van der Waals surface area contributed by atoms with Gasteiger partial charge in [-0.1, -0.05) is 127 Å². The lowest BCUT2D eigenvalue weighted by Gasteiger charge is -2.09. The smallest absolute Gasteiger partial charge is 0.164 e. The van der Waals surface area contributed by atoms with Crippen LogP contribution in [0.25, 0.3) is 110 Å². The topological polar surface area (TPSA) is 51.8 Å². The molecule has 0 saturated carbocycles. The maximum Gasteiger partial charge on any atom is 0.164 e. The quantitative estimate of drug-likeness (QED) is 0.187. The molecule has 53 heavy (non-hydrogen) atoms. The summed E-state index contributed by atoms with van der Waals surface area (Å²) in [6.45, 7) is 0. The van der Waals surface area contributed by atoms with Gasteiger partial charge in [0.1, 0.15) is 11.2 Å². The molecule has 0 aliphatic rings. The van der Waals surface area contributed by atoms with Gasteiger partial charge < -0.3 is 4.42 Å². The van der Waals surface area contributed by atoms with Gasteiger partial charge >= 0.3 is 0 Å². The van der Waals surface area contributed by atoms with Gasteiger partial charge in [-0.05, 0) is 103 Å². The third-order valence-corrected chi connectivity index (χ3v) is 10.4. The lowest BCUT2D eigenvalue weighted by Crippen LogP contribution is -1.95. The Morgan fingerprint density at radius 1 is 0.302 bits per heavy atom. The van der Waals surface area contributed by atoms with Crippen LogP contribution < -0.4 is 0 Å². The molecule has 4 heteroatoms. The monoisotopic (exact) mass is 675 g/mol. The standard InChI is InChI=1S/C49H29N3O/c1-3-10-30(11-4-1)32-18-20-33(21-19-32)47-50-48-39-24-35-14-7-8-15-40(35)42(29-39)38-26-36(31-12-5-2-6-13-31)25-37(27-38)34-22-23-44-43(28-34)46-41(49(51-47)52-48)16-9-17-45(46)53-44/h1-29H. The Bertz CT molecular complexity index is 3260. The van der Waals surface area contributed by atoms with Crippen molar-refractivity contribution in [1.29, 1.82) is 0 Å². The van der Waals surface area contributed by atoms with E-state index in [4.69, 9.17) is 19.4 Å². The predicted octanol–water partition coefficient (Wildman–Crippen LogP) is 13.1. The number of aromatic nitrogens is 3. The van der Waals surface area contributed by atoms with Crippen molar-refractivity contribution in [2.24, 2.45) is 0 Å². The number of hydrogen-bond donors (Lipinski definition) is 0. The van der Waals surface area contributed by atoms with E-state index in [0.29, 0.717) is 17.1 Å². The fourth-order valence-electron chi connectivity index (χ4n) is 7.82. The lowest BCUT2D eigenvalue weighted by molar-refractivity contribution is 0.669. The van der Waals surface area contributed by atoms with Crippen LogP contribution in [0.3, 0.4) is 0 Å². The van der Waals surface area contributed by atoms with E-state index in [1.54, 1.807) is 0 Å². The van der Waals surface area contributed by atoms with Gasteiger partial charge in [0, 0.05) is 27.1 Å². The first-order chi connectivity index (χ1) is 26.2. The van der Waals surface area contributed by atoms with E-state index < -0.39 is 0 Å². The third-order valence-electron chi connectivity index (χ3n) is 10.4. The highest BCUT2D eigenvalue weighted by Gasteiger charge is 2.15. The summed E-state index contributed by atoms with van der Waals surface area (Å²) in [6, 6.07) is 62.1. The van der Waals surface area contributed by atoms with E-state index in [2.05, 4.69) is 158 Å². The molecule has 0 saturated heterocycles. The maximum atomic E-state index is 6.48. The van der Waals surface area contributed by atoms with Gasteiger partial charge in [0.25, 0.3) is 0 Å². The van der Waals surface area contributed by atoms with Crippen molar-refractivity contribution in [1.82, 2.24) is 15.0 Å². The number of benzene rings is 8. The molecule has 0 radical (unpaired) electrons. The van der Waals surface area contributed by atoms with Crippen LogP contribution in [-0.4, -0.2) is 15.0 Å². The van der Waals surface area contributed by atoms with Crippen LogP contribution in [0.5, 0.6) is 0 Å². The fourth-order valence-corrected chi connectivity index (χ4v) is 7.82. The van der Waals surface area contributed by atoms with Crippen molar-refractivity contribution in [3.63, 3.8) is 0 Å². The minimum atomic E-state index is 0.604. The van der Waals surface area contributed by atoms with Crippen molar-refractivity contribution < 1.29 is 4.42 Å². The summed E-state index contributed by atoms with van der Waals surface area (Å²) in [5.41, 5.74) is 8.38. The second kappa shape index (κ2) is 11.7. The number of rotatable bonds is 3. The number of furan rings is 1. The second-order valence-electron chi connectivity index (χ2n) is 13.7. The van der Waals surface area contributed by atoms with Crippen molar-refractivity contribution in [2.45, 2.75) is 0 Å². The molecule has 4 nitrogen and oxygen atoms in total. The van der Waals surface area contributed by atoms with Crippen LogP contribution in [-0.2, 0) is 0 Å². The van der Waals surface area contributed by atoms with Gasteiger partial charge in [-0.3, -0.25) is 0 Å². The summed E-state index contributed by atoms with van der Waals surface area (Å²) < 4.78 is 6.48. The second-order valence-corrected chi connectivity index (χ2v) is 13.7. The summed E-state index contributed by atoms with van der Waals surface area (Å²) in [4.78, 5) is 15.6. The van der Waals surface area contributed by atoms with E-state index in [1.807, 2.05) is 18.2 Å². The molecule has 3 heterocycles. The Balaban J connectivity index is 1.32. The fraction of sp³-hybridized carbons (Fsp3) is 0. The Morgan fingerprint density at radius 3 is 1.77 bits per heavy atom. The van der Waals surface area contributed by atoms with Gasteiger partial charge in [-0.15, -0.1) is 0 Å². The van der Waals surface area contributed by atoms with Crippen molar-refractivity contribution in [3.05, 3.63) is 176 Å². The molecule has 11 rings (SSSR count). The van der Waals surface area contributed by atoms with Crippen LogP contribution in [0.2, 0.25) is 0 Å². The molecule has 0 unspecified atom stereocenters. The summed E-state index contributed by atoms with van der Waals surface area (Å²) >= 11 is 0. The minimum absolute atomic E-state index is 0.604. The highest BCUT2D eigenvalue weighted by atomic mass is 16.3. The van der Waals surface area contributed by atoms with Gasteiger partial charge in [0.15, 0.2) is 17.1 Å². The molecule has 8 bridgehead atoms. The molecule has 0 fully saturated rings. The van der Waals surface area contributed by atoms with Crippen LogP contribution in [0.1, 0.15) is 0 Å². The Morgan fingerprint density at radius 2 is 0.943 bits per heavy atom. The van der Waals surface area contributed by atoms with Crippen LogP contribution in [0.4, 0.5) is 0 Å². The van der Waals surface area contributed by atoms with Gasteiger partial charge in [0.2, 0.25) is 0 Å². The normalized spacial score (nSPS) is 11.8. The van der Waals surface area contributed by atoms with Gasteiger partial charge in [0.05, 0.1) is 0 Å². The first-order valence-corrected chi connectivity index (χ1v) is 17.8. The average Bonchev–Trinajstić information content (AvgIpc) is 3.62. The van der Waals surface area contributed by atoms with E-state index in [1.165, 1.54) is 16.5 Å². The Kier molecular flexibility index (Phi) is 6.52. The molecule has 0 aliphatic heterocycles. The number of nitrogens with zero attached hydrogens (tertiary/aromatic N) is 3. The van der Waals surface area contributed by atoms with Crippen LogP contribution in [0, 0.1) is 0 Å². The third kappa shape index (κ3) is 4.95. The molecule has 246 valence electrons. The molecule has 0 atom stereocenters. The highest BCUT2D eigenvalue weighted by Crippen LogP contribution is 2.37. The van der Waals surface area contributed by atoms with Crippen molar-refractivity contribution >= 4 is 76.3 Å². The summed E-state index contributed by atoms with van der Waals surface area (Å²) in [6.07, 6.45) is 0. The maximum absolute atomic E-state index is 6.48. The zero-order chi connectivity index (χ0) is 34.9. The minimum Gasteiger partial charge on any atom is -0.456 e. The predicted molar refractivity (Wildman–Crippen MR) is 220 cm³/mol. The molecule has 0 amide bonds. The van der Waals surface area contributed by atoms with Gasteiger partial charge in [-0.25, -0.2) is 15.0 Å². The molecule has 0 aliphatic carbocycles. The first kappa shape index (κ1) is 29.5. The van der Waals surface area contributed by atoms with E-state index in [9.17, 15) is 0 Å². The largest absolute Gasteiger partial charge is 0.456 e. The highest BCUT2D eigenvalue weighted by molar-refractivity contribution is 6.19. The van der Waals surface area contributed by atoms with Crippen LogP contribution in [0.15, 0.2) is 180 Å². The van der Waals surface area contributed by atoms with E-state index >= 15 is 0 Å². The SMILES string of the molecule is c1ccc(-c2ccc(-c3nc4nc(n3)c3cccc5oc6ccc(cc6c53)c3cc(-c5ccccc5)cc(c3)c3cc4cc4ccccc43)cc2)cc1. The molecule has 3 aromatic heterocycles.